The number of anilines is 1. The Hall–Kier alpha value is -2.96. The van der Waals surface area contributed by atoms with Crippen LogP contribution in [0, 0.1) is 17.0 Å². The number of pyridine rings is 1. The maximum atomic E-state index is 12.2. The number of carbonyl (C=O) groups excluding carboxylic acids is 1. The van der Waals surface area contributed by atoms with E-state index in [-0.39, 0.29) is 29.0 Å². The summed E-state index contributed by atoms with van der Waals surface area (Å²) >= 11 is 0. The van der Waals surface area contributed by atoms with Crippen LogP contribution in [-0.4, -0.2) is 21.9 Å². The van der Waals surface area contributed by atoms with Gasteiger partial charge in [0.05, 0.1) is 10.5 Å². The Balaban J connectivity index is 2.45. The number of hydrogen-bond donors (Lipinski definition) is 2. The van der Waals surface area contributed by atoms with Crippen molar-refractivity contribution in [2.75, 3.05) is 5.73 Å². The van der Waals surface area contributed by atoms with Gasteiger partial charge in [-0.15, -0.1) is 0 Å². The molecule has 1 heterocycles. The van der Waals surface area contributed by atoms with E-state index >= 15 is 0 Å². The average Bonchev–Trinajstić information content (AvgIpc) is 2.47. The number of amides is 1. The summed E-state index contributed by atoms with van der Waals surface area (Å²) in [6.45, 7) is 5.48. The van der Waals surface area contributed by atoms with Crippen LogP contribution in [0.1, 0.15) is 29.8 Å². The van der Waals surface area contributed by atoms with Gasteiger partial charge in [0.2, 0.25) is 0 Å². The number of non-ortho nitro benzene ring substituents is 1. The first-order chi connectivity index (χ1) is 10.8. The molecular formula is C16H18N4O3. The molecule has 1 amide bonds. The molecule has 0 atom stereocenters. The third-order valence-electron chi connectivity index (χ3n) is 3.31. The van der Waals surface area contributed by atoms with Gasteiger partial charge in [-0.1, -0.05) is 0 Å². The largest absolute Gasteiger partial charge is 0.383 e. The molecule has 1 aromatic heterocycles. The first kappa shape index (κ1) is 16.4. The highest BCUT2D eigenvalue weighted by Crippen LogP contribution is 2.28. The molecule has 120 valence electrons. The van der Waals surface area contributed by atoms with Crippen LogP contribution >= 0.6 is 0 Å². The predicted molar refractivity (Wildman–Crippen MR) is 88.1 cm³/mol. The summed E-state index contributed by atoms with van der Waals surface area (Å²) < 4.78 is 0. The van der Waals surface area contributed by atoms with E-state index in [0.717, 1.165) is 11.1 Å². The number of nitrogens with zero attached hydrogens (tertiary/aromatic N) is 2. The van der Waals surface area contributed by atoms with E-state index < -0.39 is 4.92 Å². The summed E-state index contributed by atoms with van der Waals surface area (Å²) in [5.74, 6) is -0.155. The molecule has 0 aliphatic carbocycles. The van der Waals surface area contributed by atoms with Crippen LogP contribution in [0.4, 0.5) is 11.5 Å². The molecule has 0 saturated heterocycles. The maximum Gasteiger partial charge on any atom is 0.269 e. The van der Waals surface area contributed by atoms with Crippen molar-refractivity contribution in [2.45, 2.75) is 26.8 Å². The van der Waals surface area contributed by atoms with Gasteiger partial charge in [-0.05, 0) is 44.0 Å². The van der Waals surface area contributed by atoms with Crippen LogP contribution < -0.4 is 11.1 Å². The van der Waals surface area contributed by atoms with Crippen molar-refractivity contribution < 1.29 is 9.72 Å². The lowest BCUT2D eigenvalue weighted by Gasteiger charge is -2.12. The molecule has 3 N–H and O–H groups in total. The van der Waals surface area contributed by atoms with Gasteiger partial charge in [0.25, 0.3) is 11.6 Å². The van der Waals surface area contributed by atoms with Crippen molar-refractivity contribution >= 4 is 17.4 Å². The molecule has 0 radical (unpaired) electrons. The monoisotopic (exact) mass is 314 g/mol. The van der Waals surface area contributed by atoms with Gasteiger partial charge in [0, 0.05) is 29.9 Å². The van der Waals surface area contributed by atoms with Gasteiger partial charge in [0.1, 0.15) is 5.82 Å². The zero-order chi connectivity index (χ0) is 17.1. The first-order valence-electron chi connectivity index (χ1n) is 7.11. The fourth-order valence-corrected chi connectivity index (χ4v) is 2.23. The van der Waals surface area contributed by atoms with Crippen molar-refractivity contribution in [1.82, 2.24) is 10.3 Å². The van der Waals surface area contributed by atoms with Gasteiger partial charge < -0.3 is 11.1 Å². The smallest absolute Gasteiger partial charge is 0.269 e. The molecule has 2 rings (SSSR count). The van der Waals surface area contributed by atoms with Crippen LogP contribution in [0.3, 0.4) is 0 Å². The molecule has 1 aromatic carbocycles. The first-order valence-corrected chi connectivity index (χ1v) is 7.11. The molecule has 0 spiro atoms. The van der Waals surface area contributed by atoms with E-state index in [1.54, 1.807) is 25.3 Å². The molecule has 0 aliphatic heterocycles. The third kappa shape index (κ3) is 3.63. The average molecular weight is 314 g/mol. The maximum absolute atomic E-state index is 12.2. The normalized spacial score (nSPS) is 10.6. The molecular weight excluding hydrogens is 296 g/mol. The van der Waals surface area contributed by atoms with Crippen LogP contribution in [-0.2, 0) is 0 Å². The molecule has 0 saturated carbocycles. The second kappa shape index (κ2) is 6.43. The predicted octanol–water partition coefficient (Wildman–Crippen LogP) is 2.69. The quantitative estimate of drug-likeness (QED) is 0.665. The van der Waals surface area contributed by atoms with E-state index in [0.29, 0.717) is 5.56 Å². The second-order valence-corrected chi connectivity index (χ2v) is 5.54. The SMILES string of the molecule is Cc1cc([N+](=O)[O-])ccc1-c1cnc(N)c(C(=O)NC(C)C)c1. The number of benzene rings is 1. The van der Waals surface area contributed by atoms with Crippen molar-refractivity contribution in [3.63, 3.8) is 0 Å². The zero-order valence-corrected chi connectivity index (χ0v) is 13.2. The molecule has 23 heavy (non-hydrogen) atoms. The van der Waals surface area contributed by atoms with E-state index in [1.807, 2.05) is 13.8 Å². The highest BCUT2D eigenvalue weighted by molar-refractivity contribution is 5.99. The van der Waals surface area contributed by atoms with Gasteiger partial charge in [-0.2, -0.15) is 0 Å². The zero-order valence-electron chi connectivity index (χ0n) is 13.2. The Kier molecular flexibility index (Phi) is 4.59. The third-order valence-corrected chi connectivity index (χ3v) is 3.31. The topological polar surface area (TPSA) is 111 Å². The molecule has 7 nitrogen and oxygen atoms in total. The minimum atomic E-state index is -0.445. The van der Waals surface area contributed by atoms with Gasteiger partial charge in [0.15, 0.2) is 0 Å². The number of hydrogen-bond acceptors (Lipinski definition) is 5. The summed E-state index contributed by atoms with van der Waals surface area (Å²) in [4.78, 5) is 26.6. The van der Waals surface area contributed by atoms with Crippen LogP contribution in [0.5, 0.6) is 0 Å². The molecule has 7 heteroatoms. The number of nitrogen functional groups attached to an aromatic ring is 1. The molecule has 0 unspecified atom stereocenters. The van der Waals surface area contributed by atoms with Crippen molar-refractivity contribution in [3.8, 4) is 11.1 Å². The number of aromatic nitrogens is 1. The lowest BCUT2D eigenvalue weighted by Crippen LogP contribution is -2.30. The fraction of sp³-hybridized carbons (Fsp3) is 0.250. The number of rotatable bonds is 4. The number of nitrogens with one attached hydrogen (secondary N) is 1. The Labute approximate surface area is 133 Å². The summed E-state index contributed by atoms with van der Waals surface area (Å²) in [5.41, 5.74) is 8.26. The van der Waals surface area contributed by atoms with Crippen LogP contribution in [0.2, 0.25) is 0 Å². The number of carbonyl (C=O) groups is 1. The van der Waals surface area contributed by atoms with E-state index in [9.17, 15) is 14.9 Å². The van der Waals surface area contributed by atoms with Crippen molar-refractivity contribution in [3.05, 3.63) is 51.7 Å². The number of nitro benzene ring substituents is 1. The molecule has 2 aromatic rings. The van der Waals surface area contributed by atoms with E-state index in [1.165, 1.54) is 12.1 Å². The Bertz CT molecular complexity index is 772. The lowest BCUT2D eigenvalue weighted by molar-refractivity contribution is -0.384. The van der Waals surface area contributed by atoms with E-state index in [4.69, 9.17) is 5.73 Å². The summed E-state index contributed by atoms with van der Waals surface area (Å²) in [6.07, 6.45) is 1.55. The lowest BCUT2D eigenvalue weighted by atomic mass is 10.00. The number of aryl methyl sites for hydroxylation is 1. The van der Waals surface area contributed by atoms with Crippen molar-refractivity contribution in [1.29, 1.82) is 0 Å². The number of nitrogens with two attached hydrogens (primary N) is 1. The van der Waals surface area contributed by atoms with E-state index in [2.05, 4.69) is 10.3 Å². The van der Waals surface area contributed by atoms with Gasteiger partial charge in [-0.3, -0.25) is 14.9 Å². The Morgan fingerprint density at radius 3 is 2.61 bits per heavy atom. The second-order valence-electron chi connectivity index (χ2n) is 5.54. The van der Waals surface area contributed by atoms with Crippen molar-refractivity contribution in [2.24, 2.45) is 0 Å². The highest BCUT2D eigenvalue weighted by Gasteiger charge is 2.15. The minimum absolute atomic E-state index is 0.0208. The Morgan fingerprint density at radius 1 is 1.35 bits per heavy atom. The molecule has 0 aliphatic rings. The Morgan fingerprint density at radius 2 is 2.04 bits per heavy atom. The van der Waals surface area contributed by atoms with Gasteiger partial charge >= 0.3 is 0 Å². The van der Waals surface area contributed by atoms with Crippen LogP contribution in [0.25, 0.3) is 11.1 Å². The van der Waals surface area contributed by atoms with Gasteiger partial charge in [-0.25, -0.2) is 4.98 Å². The molecule has 0 bridgehead atoms. The minimum Gasteiger partial charge on any atom is -0.383 e. The fourth-order valence-electron chi connectivity index (χ4n) is 2.23. The standard InChI is InChI=1S/C16H18N4O3/c1-9(2)19-16(21)14-7-11(8-18-15(14)17)13-5-4-12(20(22)23)6-10(13)3/h4-9H,1-3H3,(H2,17,18)(H,19,21). The number of nitro groups is 1. The highest BCUT2D eigenvalue weighted by atomic mass is 16.6. The van der Waals surface area contributed by atoms with Crippen LogP contribution in [0.15, 0.2) is 30.5 Å². The molecule has 0 fully saturated rings. The summed E-state index contributed by atoms with van der Waals surface area (Å²) in [5, 5.41) is 13.6. The summed E-state index contributed by atoms with van der Waals surface area (Å²) in [7, 11) is 0. The summed E-state index contributed by atoms with van der Waals surface area (Å²) in [6, 6.07) is 6.18.